The van der Waals surface area contributed by atoms with E-state index in [-0.39, 0.29) is 18.6 Å². The lowest BCUT2D eigenvalue weighted by Gasteiger charge is -2.38. The number of nitriles is 1. The number of aryl methyl sites for hydroxylation is 1. The molecule has 0 unspecified atom stereocenters. The minimum absolute atomic E-state index is 0.0122. The van der Waals surface area contributed by atoms with Gasteiger partial charge in [0, 0.05) is 12.3 Å². The number of likely N-dealkylation sites (tertiary alicyclic amines) is 1. The normalized spacial score (nSPS) is 13.8. The minimum Gasteiger partial charge on any atom is -0.484 e. The van der Waals surface area contributed by atoms with E-state index in [4.69, 9.17) is 14.7 Å². The highest BCUT2D eigenvalue weighted by atomic mass is 16.5. The van der Waals surface area contributed by atoms with E-state index in [1.807, 2.05) is 37.3 Å². The number of ether oxygens (including phenoxy) is 2. The minimum atomic E-state index is -0.102. The van der Waals surface area contributed by atoms with Crippen LogP contribution in [-0.2, 0) is 4.79 Å². The Morgan fingerprint density at radius 3 is 2.96 bits per heavy atom. The summed E-state index contributed by atoms with van der Waals surface area (Å²) in [6.45, 7) is 2.97. The molecule has 1 aliphatic rings. The first-order valence-corrected chi connectivity index (χ1v) is 7.64. The summed E-state index contributed by atoms with van der Waals surface area (Å²) >= 11 is 0. The molecule has 2 heterocycles. The molecule has 1 aliphatic heterocycles. The number of amides is 1. The fraction of sp³-hybridized carbons (Fsp3) is 0.278. The fourth-order valence-corrected chi connectivity index (χ4v) is 2.37. The van der Waals surface area contributed by atoms with Gasteiger partial charge in [0.25, 0.3) is 5.91 Å². The van der Waals surface area contributed by atoms with E-state index in [1.54, 1.807) is 17.0 Å². The lowest BCUT2D eigenvalue weighted by atomic mass is 10.1. The topological polar surface area (TPSA) is 75.4 Å². The van der Waals surface area contributed by atoms with Crippen LogP contribution in [0.2, 0.25) is 0 Å². The van der Waals surface area contributed by atoms with Gasteiger partial charge in [0.05, 0.1) is 24.7 Å². The van der Waals surface area contributed by atoms with Crippen LogP contribution in [0.4, 0.5) is 0 Å². The number of carbonyl (C=O) groups excluding carboxylic acids is 1. The van der Waals surface area contributed by atoms with Crippen LogP contribution in [0, 0.1) is 18.3 Å². The van der Waals surface area contributed by atoms with Gasteiger partial charge in [-0.3, -0.25) is 4.79 Å². The Morgan fingerprint density at radius 2 is 2.21 bits per heavy atom. The molecule has 1 saturated heterocycles. The number of pyridine rings is 1. The SMILES string of the molecule is Cc1cccc(OCC(=O)N2CC(Oc3cc(C#N)ccn3)C2)c1. The van der Waals surface area contributed by atoms with Crippen molar-refractivity contribution in [3.8, 4) is 17.7 Å². The van der Waals surface area contributed by atoms with Gasteiger partial charge in [0.2, 0.25) is 5.88 Å². The fourth-order valence-electron chi connectivity index (χ4n) is 2.37. The molecular weight excluding hydrogens is 306 g/mol. The van der Waals surface area contributed by atoms with Gasteiger partial charge in [-0.25, -0.2) is 4.98 Å². The highest BCUT2D eigenvalue weighted by molar-refractivity contribution is 5.78. The van der Waals surface area contributed by atoms with Crippen LogP contribution >= 0.6 is 0 Å². The summed E-state index contributed by atoms with van der Waals surface area (Å²) in [5, 5.41) is 8.85. The van der Waals surface area contributed by atoms with Gasteiger partial charge in [0.1, 0.15) is 11.9 Å². The number of rotatable bonds is 5. The summed E-state index contributed by atoms with van der Waals surface area (Å²) in [5.41, 5.74) is 1.59. The first-order valence-electron chi connectivity index (χ1n) is 7.64. The third-order valence-electron chi connectivity index (χ3n) is 3.70. The van der Waals surface area contributed by atoms with E-state index >= 15 is 0 Å². The molecule has 0 saturated carbocycles. The van der Waals surface area contributed by atoms with Crippen molar-refractivity contribution >= 4 is 5.91 Å². The van der Waals surface area contributed by atoms with Crippen molar-refractivity contribution in [2.45, 2.75) is 13.0 Å². The van der Waals surface area contributed by atoms with Crippen LogP contribution in [0.25, 0.3) is 0 Å². The quantitative estimate of drug-likeness (QED) is 0.840. The van der Waals surface area contributed by atoms with Crippen molar-refractivity contribution in [1.29, 1.82) is 5.26 Å². The van der Waals surface area contributed by atoms with Crippen LogP contribution < -0.4 is 9.47 Å². The first kappa shape index (κ1) is 15.8. The third-order valence-corrected chi connectivity index (χ3v) is 3.70. The smallest absolute Gasteiger partial charge is 0.260 e. The maximum Gasteiger partial charge on any atom is 0.260 e. The Kier molecular flexibility index (Phi) is 4.62. The Morgan fingerprint density at radius 1 is 1.38 bits per heavy atom. The van der Waals surface area contributed by atoms with Crippen molar-refractivity contribution in [2.24, 2.45) is 0 Å². The van der Waals surface area contributed by atoms with Gasteiger partial charge in [-0.15, -0.1) is 0 Å². The van der Waals surface area contributed by atoms with Crippen LogP contribution in [0.3, 0.4) is 0 Å². The summed E-state index contributed by atoms with van der Waals surface area (Å²) in [5.74, 6) is 1.02. The second kappa shape index (κ2) is 7.01. The molecule has 0 atom stereocenters. The summed E-state index contributed by atoms with van der Waals surface area (Å²) < 4.78 is 11.2. The van der Waals surface area contributed by atoms with Crippen molar-refractivity contribution in [2.75, 3.05) is 19.7 Å². The Bertz CT molecular complexity index is 779. The van der Waals surface area contributed by atoms with E-state index < -0.39 is 0 Å². The van der Waals surface area contributed by atoms with Gasteiger partial charge in [-0.2, -0.15) is 5.26 Å². The lowest BCUT2D eigenvalue weighted by molar-refractivity contribution is -0.142. The third kappa shape index (κ3) is 3.82. The van der Waals surface area contributed by atoms with E-state index in [1.165, 1.54) is 6.20 Å². The maximum absolute atomic E-state index is 12.1. The molecule has 1 aromatic heterocycles. The second-order valence-electron chi connectivity index (χ2n) is 5.64. The monoisotopic (exact) mass is 323 g/mol. The molecule has 3 rings (SSSR count). The Labute approximate surface area is 140 Å². The first-order chi connectivity index (χ1) is 11.6. The predicted octanol–water partition coefficient (Wildman–Crippen LogP) is 1.93. The number of hydrogen-bond acceptors (Lipinski definition) is 5. The molecule has 1 fully saturated rings. The van der Waals surface area contributed by atoms with Crippen molar-refractivity contribution in [3.63, 3.8) is 0 Å². The van der Waals surface area contributed by atoms with E-state index in [0.717, 1.165) is 5.56 Å². The van der Waals surface area contributed by atoms with E-state index in [0.29, 0.717) is 30.3 Å². The number of aromatic nitrogens is 1. The molecule has 2 aromatic rings. The summed E-state index contributed by atoms with van der Waals surface area (Å²) in [7, 11) is 0. The predicted molar refractivity (Wildman–Crippen MR) is 86.6 cm³/mol. The number of nitrogens with zero attached hydrogens (tertiary/aromatic N) is 3. The average molecular weight is 323 g/mol. The van der Waals surface area contributed by atoms with Crippen molar-refractivity contribution in [3.05, 3.63) is 53.7 Å². The lowest BCUT2D eigenvalue weighted by Crippen LogP contribution is -2.57. The zero-order valence-corrected chi connectivity index (χ0v) is 13.3. The summed E-state index contributed by atoms with van der Waals surface area (Å²) in [6, 6.07) is 12.8. The van der Waals surface area contributed by atoms with Crippen LogP contribution in [0.1, 0.15) is 11.1 Å². The number of hydrogen-bond donors (Lipinski definition) is 0. The number of carbonyl (C=O) groups is 1. The Balaban J connectivity index is 1.44. The molecule has 6 nitrogen and oxygen atoms in total. The van der Waals surface area contributed by atoms with E-state index in [2.05, 4.69) is 4.98 Å². The number of benzene rings is 1. The van der Waals surface area contributed by atoms with Gasteiger partial charge in [-0.05, 0) is 30.7 Å². The maximum atomic E-state index is 12.1. The van der Waals surface area contributed by atoms with Crippen LogP contribution in [0.5, 0.6) is 11.6 Å². The highest BCUT2D eigenvalue weighted by Gasteiger charge is 2.32. The molecule has 0 N–H and O–H groups in total. The van der Waals surface area contributed by atoms with E-state index in [9.17, 15) is 4.79 Å². The average Bonchev–Trinajstić information content (AvgIpc) is 2.56. The van der Waals surface area contributed by atoms with Crippen LogP contribution in [0.15, 0.2) is 42.6 Å². The summed E-state index contributed by atoms with van der Waals surface area (Å²) in [6.07, 6.45) is 1.43. The van der Waals surface area contributed by atoms with Crippen molar-refractivity contribution in [1.82, 2.24) is 9.88 Å². The molecule has 6 heteroatoms. The Hall–Kier alpha value is -3.07. The molecule has 1 aromatic carbocycles. The molecule has 0 spiro atoms. The van der Waals surface area contributed by atoms with Crippen LogP contribution in [-0.4, -0.2) is 41.6 Å². The molecule has 0 aliphatic carbocycles. The van der Waals surface area contributed by atoms with Gasteiger partial charge in [0.15, 0.2) is 6.61 Å². The van der Waals surface area contributed by atoms with Gasteiger partial charge >= 0.3 is 0 Å². The largest absolute Gasteiger partial charge is 0.484 e. The van der Waals surface area contributed by atoms with Gasteiger partial charge in [-0.1, -0.05) is 12.1 Å². The summed E-state index contributed by atoms with van der Waals surface area (Å²) in [4.78, 5) is 17.8. The molecule has 1 amide bonds. The molecular formula is C18H17N3O3. The zero-order chi connectivity index (χ0) is 16.9. The van der Waals surface area contributed by atoms with Gasteiger partial charge < -0.3 is 14.4 Å². The molecule has 122 valence electrons. The zero-order valence-electron chi connectivity index (χ0n) is 13.3. The second-order valence-corrected chi connectivity index (χ2v) is 5.64. The molecule has 24 heavy (non-hydrogen) atoms. The van der Waals surface area contributed by atoms with Crippen molar-refractivity contribution < 1.29 is 14.3 Å². The molecule has 0 radical (unpaired) electrons. The standard InChI is InChI=1S/C18H17N3O3/c1-13-3-2-4-15(7-13)23-12-18(22)21-10-16(11-21)24-17-8-14(9-19)5-6-20-17/h2-8,16H,10-12H2,1H3. The molecule has 0 bridgehead atoms. The highest BCUT2D eigenvalue weighted by Crippen LogP contribution is 2.18.